The van der Waals surface area contributed by atoms with Crippen LogP contribution >= 0.6 is 0 Å². The van der Waals surface area contributed by atoms with E-state index in [4.69, 9.17) is 9.47 Å². The molecule has 0 unspecified atom stereocenters. The predicted molar refractivity (Wildman–Crippen MR) is 156 cm³/mol. The van der Waals surface area contributed by atoms with Crippen LogP contribution in [0.1, 0.15) is 31.7 Å². The molecule has 9 nitrogen and oxygen atoms in total. The molecule has 3 fully saturated rings. The van der Waals surface area contributed by atoms with Crippen molar-refractivity contribution >= 4 is 27.5 Å². The third-order valence-electron chi connectivity index (χ3n) is 8.90. The molecule has 7 rings (SSSR count). The first-order chi connectivity index (χ1) is 20.9. The SMILES string of the molecule is CCc1c(F)ccc2cc(O)cc(-c3ncc4c(N5CCOCCN5)nc(OC[C@@]56CCCN5C[C@H](F)C6)nc4c3F)c12. The zero-order chi connectivity index (χ0) is 29.7. The number of anilines is 1. The first-order valence-corrected chi connectivity index (χ1v) is 14.8. The van der Waals surface area contributed by atoms with Crippen LogP contribution in [0.3, 0.4) is 0 Å². The number of alkyl halides is 1. The van der Waals surface area contributed by atoms with E-state index in [-0.39, 0.29) is 35.1 Å². The lowest BCUT2D eigenvalue weighted by Crippen LogP contribution is -2.43. The molecule has 0 bridgehead atoms. The van der Waals surface area contributed by atoms with E-state index >= 15 is 4.39 Å². The number of fused-ring (bicyclic) bond motifs is 3. The average molecular weight is 595 g/mol. The molecule has 0 saturated carbocycles. The largest absolute Gasteiger partial charge is 0.508 e. The molecule has 2 aromatic carbocycles. The Labute approximate surface area is 246 Å². The van der Waals surface area contributed by atoms with Crippen LogP contribution in [-0.2, 0) is 11.2 Å². The van der Waals surface area contributed by atoms with E-state index in [1.165, 1.54) is 24.4 Å². The second-order valence-corrected chi connectivity index (χ2v) is 11.5. The summed E-state index contributed by atoms with van der Waals surface area (Å²) in [7, 11) is 0. The van der Waals surface area contributed by atoms with Crippen molar-refractivity contribution in [1.82, 2.24) is 25.3 Å². The maximum absolute atomic E-state index is 16.7. The Morgan fingerprint density at radius 2 is 2.07 bits per heavy atom. The Morgan fingerprint density at radius 3 is 2.93 bits per heavy atom. The first kappa shape index (κ1) is 28.1. The fraction of sp³-hybridized carbons (Fsp3) is 0.452. The van der Waals surface area contributed by atoms with Crippen molar-refractivity contribution in [2.24, 2.45) is 0 Å². The van der Waals surface area contributed by atoms with Gasteiger partial charge in [0, 0.05) is 31.3 Å². The first-order valence-electron chi connectivity index (χ1n) is 14.8. The molecule has 2 atom stereocenters. The Morgan fingerprint density at radius 1 is 1.19 bits per heavy atom. The lowest BCUT2D eigenvalue weighted by atomic mass is 9.94. The van der Waals surface area contributed by atoms with Gasteiger partial charge in [-0.2, -0.15) is 9.97 Å². The van der Waals surface area contributed by atoms with Gasteiger partial charge in [0.25, 0.3) is 0 Å². The zero-order valence-corrected chi connectivity index (χ0v) is 23.9. The van der Waals surface area contributed by atoms with Gasteiger partial charge < -0.3 is 14.6 Å². The van der Waals surface area contributed by atoms with Gasteiger partial charge in [0.1, 0.15) is 35.6 Å². The van der Waals surface area contributed by atoms with Gasteiger partial charge >= 0.3 is 6.01 Å². The quantitative estimate of drug-likeness (QED) is 0.330. The number of phenols is 1. The number of aryl methyl sites for hydroxylation is 1. The molecule has 226 valence electrons. The van der Waals surface area contributed by atoms with Gasteiger partial charge in [-0.05, 0) is 60.3 Å². The number of aromatic hydroxyl groups is 1. The van der Waals surface area contributed by atoms with Crippen LogP contribution in [0, 0.1) is 11.6 Å². The van der Waals surface area contributed by atoms with E-state index in [1.807, 2.05) is 6.92 Å². The van der Waals surface area contributed by atoms with Crippen molar-refractivity contribution in [3.05, 3.63) is 47.7 Å². The van der Waals surface area contributed by atoms with Crippen LogP contribution in [-0.4, -0.2) is 82.7 Å². The number of nitrogens with one attached hydrogen (secondary N) is 1. The zero-order valence-electron chi connectivity index (χ0n) is 23.9. The Kier molecular flexibility index (Phi) is 7.22. The summed E-state index contributed by atoms with van der Waals surface area (Å²) in [5, 5.41) is 13.7. The van der Waals surface area contributed by atoms with Gasteiger partial charge in [0.15, 0.2) is 11.6 Å². The van der Waals surface area contributed by atoms with Crippen LogP contribution in [0.25, 0.3) is 32.9 Å². The van der Waals surface area contributed by atoms with Gasteiger partial charge in [0.05, 0.1) is 30.7 Å². The van der Waals surface area contributed by atoms with Crippen molar-refractivity contribution in [2.75, 3.05) is 51.0 Å². The number of hydrazine groups is 1. The standard InChI is InChI=1S/C31H33F3N6O3/c1-2-21-24(33)5-4-18-12-20(41)13-22(25(18)21)27-26(34)28-23(15-35-27)29(40-9-11-42-10-7-36-40)38-30(37-28)43-17-31-6-3-8-39(31)16-19(32)14-31/h4-5,12-13,15,19,36,41H,2-3,6-11,14,16-17H2,1H3/t19-,31+/m1/s1. The minimum absolute atomic E-state index is 0.0292. The van der Waals surface area contributed by atoms with Gasteiger partial charge in [-0.15, -0.1) is 0 Å². The fourth-order valence-corrected chi connectivity index (χ4v) is 6.93. The van der Waals surface area contributed by atoms with E-state index in [9.17, 15) is 13.9 Å². The number of halogens is 3. The van der Waals surface area contributed by atoms with E-state index in [0.29, 0.717) is 73.2 Å². The van der Waals surface area contributed by atoms with Crippen LogP contribution in [0.15, 0.2) is 30.5 Å². The predicted octanol–water partition coefficient (Wildman–Crippen LogP) is 4.69. The minimum Gasteiger partial charge on any atom is -0.508 e. The smallest absolute Gasteiger partial charge is 0.319 e. The summed E-state index contributed by atoms with van der Waals surface area (Å²) >= 11 is 0. The molecule has 3 aliphatic heterocycles. The average Bonchev–Trinajstić information content (AvgIpc) is 3.37. The third-order valence-corrected chi connectivity index (χ3v) is 8.90. The van der Waals surface area contributed by atoms with Crippen LogP contribution in [0.2, 0.25) is 0 Å². The molecule has 0 radical (unpaired) electrons. The second-order valence-electron chi connectivity index (χ2n) is 11.5. The van der Waals surface area contributed by atoms with Crippen LogP contribution in [0.5, 0.6) is 11.8 Å². The Hall–Kier alpha value is -3.74. The summed E-state index contributed by atoms with van der Waals surface area (Å²) in [6, 6.07) is 5.78. The third kappa shape index (κ3) is 4.91. The molecule has 5 heterocycles. The van der Waals surface area contributed by atoms with Crippen molar-refractivity contribution in [2.45, 2.75) is 44.3 Å². The number of aromatic nitrogens is 3. The highest BCUT2D eigenvalue weighted by Gasteiger charge is 2.49. The number of hydrogen-bond acceptors (Lipinski definition) is 9. The van der Waals surface area contributed by atoms with Gasteiger partial charge in [-0.25, -0.2) is 18.6 Å². The lowest BCUT2D eigenvalue weighted by molar-refractivity contribution is 0.107. The Balaban J connectivity index is 1.37. The molecule has 0 aliphatic carbocycles. The highest BCUT2D eigenvalue weighted by molar-refractivity contribution is 6.01. The highest BCUT2D eigenvalue weighted by atomic mass is 19.1. The van der Waals surface area contributed by atoms with E-state index in [0.717, 1.165) is 19.4 Å². The molecular weight excluding hydrogens is 561 g/mol. The van der Waals surface area contributed by atoms with Crippen LogP contribution in [0.4, 0.5) is 19.0 Å². The molecule has 43 heavy (non-hydrogen) atoms. The second kappa shape index (κ2) is 11.1. The normalized spacial score (nSPS) is 22.8. The minimum atomic E-state index is -0.917. The van der Waals surface area contributed by atoms with E-state index in [2.05, 4.69) is 25.3 Å². The van der Waals surface area contributed by atoms with Crippen molar-refractivity contribution in [3.8, 4) is 23.0 Å². The Bertz CT molecular complexity index is 1700. The molecular formula is C31H33F3N6O3. The lowest BCUT2D eigenvalue weighted by Gasteiger charge is -2.31. The van der Waals surface area contributed by atoms with Gasteiger partial charge in [-0.1, -0.05) is 13.0 Å². The molecule has 3 aliphatic rings. The summed E-state index contributed by atoms with van der Waals surface area (Å²) in [5.41, 5.74) is 3.37. The number of rotatable bonds is 6. The molecule has 3 saturated heterocycles. The monoisotopic (exact) mass is 594 g/mol. The molecule has 12 heteroatoms. The van der Waals surface area contributed by atoms with Crippen molar-refractivity contribution < 1.29 is 27.8 Å². The van der Waals surface area contributed by atoms with Gasteiger partial charge in [-0.3, -0.25) is 14.9 Å². The topological polar surface area (TPSA) is 95.9 Å². The van der Waals surface area contributed by atoms with Crippen molar-refractivity contribution in [3.63, 3.8) is 0 Å². The summed E-state index contributed by atoms with van der Waals surface area (Å²) in [6.07, 6.45) is 3.08. The summed E-state index contributed by atoms with van der Waals surface area (Å²) < 4.78 is 57.7. The molecule has 2 N–H and O–H groups in total. The van der Waals surface area contributed by atoms with Crippen LogP contribution < -0.4 is 15.2 Å². The fourth-order valence-electron chi connectivity index (χ4n) is 6.93. The van der Waals surface area contributed by atoms with E-state index < -0.39 is 23.3 Å². The van der Waals surface area contributed by atoms with E-state index in [1.54, 1.807) is 11.1 Å². The number of phenolic OH excluding ortho intramolecular Hbond substituents is 1. The number of ether oxygens (including phenoxy) is 2. The summed E-state index contributed by atoms with van der Waals surface area (Å²) in [5.74, 6) is -0.886. The maximum Gasteiger partial charge on any atom is 0.319 e. The van der Waals surface area contributed by atoms with Crippen molar-refractivity contribution in [1.29, 1.82) is 0 Å². The molecule has 0 amide bonds. The number of benzene rings is 2. The molecule has 2 aromatic heterocycles. The summed E-state index contributed by atoms with van der Waals surface area (Å²) in [4.78, 5) is 15.8. The number of hydrogen-bond donors (Lipinski definition) is 2. The molecule has 0 spiro atoms. The number of pyridine rings is 1. The molecule has 4 aromatic rings. The summed E-state index contributed by atoms with van der Waals surface area (Å²) in [6.45, 7) is 5.09. The van der Waals surface area contributed by atoms with Gasteiger partial charge in [0.2, 0.25) is 0 Å². The number of nitrogens with zero attached hydrogens (tertiary/aromatic N) is 5. The highest BCUT2D eigenvalue weighted by Crippen LogP contribution is 2.41. The maximum atomic E-state index is 16.7.